The van der Waals surface area contributed by atoms with Crippen molar-refractivity contribution in [2.75, 3.05) is 60.0 Å². The molecule has 6 heteroatoms. The molecule has 0 aromatic heterocycles. The van der Waals surface area contributed by atoms with Crippen LogP contribution >= 0.6 is 0 Å². The average Bonchev–Trinajstić information content (AvgIpc) is 2.51. The number of carbonyl (C=O) groups excluding carboxylic acids is 1. The fourth-order valence-corrected chi connectivity index (χ4v) is 2.77. The topological polar surface area (TPSA) is 54.0 Å². The highest BCUT2D eigenvalue weighted by molar-refractivity contribution is 5.78. The second-order valence-electron chi connectivity index (χ2n) is 6.51. The van der Waals surface area contributed by atoms with Gasteiger partial charge in [0, 0.05) is 19.6 Å². The number of benzene rings is 1. The molecule has 0 spiro atoms. The summed E-state index contributed by atoms with van der Waals surface area (Å²) in [6.07, 6.45) is 0.172. The van der Waals surface area contributed by atoms with Gasteiger partial charge in [-0.2, -0.15) is 0 Å². The highest BCUT2D eigenvalue weighted by Crippen LogP contribution is 2.11. The van der Waals surface area contributed by atoms with Gasteiger partial charge in [-0.25, -0.2) is 0 Å². The third-order valence-electron chi connectivity index (χ3n) is 3.84. The summed E-state index contributed by atoms with van der Waals surface area (Å²) < 4.78 is 11.4. The van der Waals surface area contributed by atoms with Crippen molar-refractivity contribution in [3.63, 3.8) is 0 Å². The van der Waals surface area contributed by atoms with E-state index in [-0.39, 0.29) is 12.0 Å². The largest absolute Gasteiger partial charge is 0.492 e. The van der Waals surface area contributed by atoms with Crippen LogP contribution in [0.3, 0.4) is 0 Å². The number of amides is 1. The van der Waals surface area contributed by atoms with Crippen molar-refractivity contribution in [3.8, 4) is 5.75 Å². The molecule has 1 fully saturated rings. The summed E-state index contributed by atoms with van der Waals surface area (Å²) in [5.74, 6) is 0.873. The van der Waals surface area contributed by atoms with E-state index in [1.807, 2.05) is 45.3 Å². The Morgan fingerprint density at radius 2 is 2.29 bits per heavy atom. The van der Waals surface area contributed by atoms with Crippen LogP contribution in [-0.2, 0) is 9.53 Å². The number of morpholine rings is 1. The Morgan fingerprint density at radius 3 is 3.04 bits per heavy atom. The van der Waals surface area contributed by atoms with Gasteiger partial charge in [0.05, 0.1) is 25.8 Å². The minimum atomic E-state index is 0.0355. The van der Waals surface area contributed by atoms with E-state index in [0.29, 0.717) is 26.3 Å². The van der Waals surface area contributed by atoms with Crippen LogP contribution < -0.4 is 10.1 Å². The van der Waals surface area contributed by atoms with Crippen molar-refractivity contribution in [3.05, 3.63) is 29.8 Å². The van der Waals surface area contributed by atoms with Crippen LogP contribution in [0.4, 0.5) is 0 Å². The first-order chi connectivity index (χ1) is 11.5. The lowest BCUT2D eigenvalue weighted by Gasteiger charge is -2.33. The molecular formula is C18H29N3O3. The average molecular weight is 335 g/mol. The van der Waals surface area contributed by atoms with Crippen LogP contribution in [0.2, 0.25) is 0 Å². The molecule has 6 nitrogen and oxygen atoms in total. The molecule has 1 amide bonds. The van der Waals surface area contributed by atoms with Crippen molar-refractivity contribution >= 4 is 5.91 Å². The monoisotopic (exact) mass is 335 g/mol. The van der Waals surface area contributed by atoms with Gasteiger partial charge in [0.1, 0.15) is 12.4 Å². The molecule has 1 aromatic rings. The molecule has 24 heavy (non-hydrogen) atoms. The summed E-state index contributed by atoms with van der Waals surface area (Å²) in [6.45, 7) is 6.59. The molecule has 1 saturated heterocycles. The maximum Gasteiger partial charge on any atom is 0.234 e. The van der Waals surface area contributed by atoms with Gasteiger partial charge in [0.15, 0.2) is 0 Å². The molecule has 1 atom stereocenters. The Kier molecular flexibility index (Phi) is 7.49. The number of hydrogen-bond acceptors (Lipinski definition) is 5. The second kappa shape index (κ2) is 9.61. The molecule has 134 valence electrons. The van der Waals surface area contributed by atoms with E-state index in [9.17, 15) is 4.79 Å². The highest BCUT2D eigenvalue weighted by atomic mass is 16.5. The zero-order valence-corrected chi connectivity index (χ0v) is 15.0. The lowest BCUT2D eigenvalue weighted by molar-refractivity contribution is -0.124. The van der Waals surface area contributed by atoms with E-state index >= 15 is 0 Å². The van der Waals surface area contributed by atoms with Crippen LogP contribution in [0.25, 0.3) is 0 Å². The summed E-state index contributed by atoms with van der Waals surface area (Å²) in [6, 6.07) is 7.90. The Morgan fingerprint density at radius 1 is 1.46 bits per heavy atom. The summed E-state index contributed by atoms with van der Waals surface area (Å²) >= 11 is 0. The molecule has 2 rings (SSSR count). The molecule has 0 saturated carbocycles. The van der Waals surface area contributed by atoms with Crippen molar-refractivity contribution in [1.82, 2.24) is 15.1 Å². The Hall–Kier alpha value is -1.63. The molecule has 0 radical (unpaired) electrons. The number of carbonyl (C=O) groups is 1. The zero-order valence-electron chi connectivity index (χ0n) is 15.0. The Labute approximate surface area is 144 Å². The van der Waals surface area contributed by atoms with Gasteiger partial charge in [-0.1, -0.05) is 12.1 Å². The maximum atomic E-state index is 12.0. The van der Waals surface area contributed by atoms with E-state index in [1.165, 1.54) is 0 Å². The number of nitrogens with one attached hydrogen (secondary N) is 1. The minimum absolute atomic E-state index is 0.0355. The van der Waals surface area contributed by atoms with Gasteiger partial charge in [-0.15, -0.1) is 0 Å². The molecule has 1 aliphatic heterocycles. The fraction of sp³-hybridized carbons (Fsp3) is 0.611. The van der Waals surface area contributed by atoms with Crippen molar-refractivity contribution in [2.24, 2.45) is 0 Å². The van der Waals surface area contributed by atoms with E-state index in [1.54, 1.807) is 0 Å². The molecule has 0 unspecified atom stereocenters. The molecule has 1 aliphatic rings. The third-order valence-corrected chi connectivity index (χ3v) is 3.84. The van der Waals surface area contributed by atoms with Crippen LogP contribution in [0.15, 0.2) is 24.3 Å². The summed E-state index contributed by atoms with van der Waals surface area (Å²) in [5, 5.41) is 2.91. The summed E-state index contributed by atoms with van der Waals surface area (Å²) in [7, 11) is 4.06. The first-order valence-corrected chi connectivity index (χ1v) is 8.48. The zero-order chi connectivity index (χ0) is 17.4. The number of likely N-dealkylation sites (N-methyl/N-ethyl adjacent to an activating group) is 1. The number of nitrogens with zero attached hydrogens (tertiary/aromatic N) is 2. The molecule has 1 heterocycles. The standard InChI is InChI=1S/C18H29N3O3/c1-15-5-4-6-16(11-15)23-9-7-19-18(22)14-21-8-10-24-17(13-21)12-20(2)3/h4-6,11,17H,7-10,12-14H2,1-3H3,(H,19,22)/t17-/m0/s1. The number of hydrogen-bond donors (Lipinski definition) is 1. The summed E-state index contributed by atoms with van der Waals surface area (Å²) in [4.78, 5) is 16.3. The van der Waals surface area contributed by atoms with Crippen molar-refractivity contribution in [2.45, 2.75) is 13.0 Å². The number of aryl methyl sites for hydroxylation is 1. The van der Waals surface area contributed by atoms with Crippen molar-refractivity contribution in [1.29, 1.82) is 0 Å². The molecule has 1 N–H and O–H groups in total. The number of ether oxygens (including phenoxy) is 2. The van der Waals surface area contributed by atoms with Gasteiger partial charge in [0.2, 0.25) is 5.91 Å². The van der Waals surface area contributed by atoms with Gasteiger partial charge in [0.25, 0.3) is 0 Å². The van der Waals surface area contributed by atoms with Crippen LogP contribution in [0.5, 0.6) is 5.75 Å². The van der Waals surface area contributed by atoms with E-state index in [0.717, 1.165) is 30.9 Å². The molecular weight excluding hydrogens is 306 g/mol. The van der Waals surface area contributed by atoms with Gasteiger partial charge in [-0.3, -0.25) is 9.69 Å². The van der Waals surface area contributed by atoms with E-state index < -0.39 is 0 Å². The predicted octanol–water partition coefficient (Wildman–Crippen LogP) is 0.752. The maximum absolute atomic E-state index is 12.0. The van der Waals surface area contributed by atoms with Gasteiger partial charge < -0.3 is 19.7 Å². The SMILES string of the molecule is Cc1cccc(OCCNC(=O)CN2CCO[C@@H](CN(C)C)C2)c1. The second-order valence-corrected chi connectivity index (χ2v) is 6.51. The van der Waals surface area contributed by atoms with Crippen LogP contribution in [0.1, 0.15) is 5.56 Å². The highest BCUT2D eigenvalue weighted by Gasteiger charge is 2.22. The Balaban J connectivity index is 1.62. The molecule has 0 aliphatic carbocycles. The molecule has 1 aromatic carbocycles. The smallest absolute Gasteiger partial charge is 0.234 e. The quantitative estimate of drug-likeness (QED) is 0.711. The minimum Gasteiger partial charge on any atom is -0.492 e. The van der Waals surface area contributed by atoms with Crippen LogP contribution in [0, 0.1) is 6.92 Å². The van der Waals surface area contributed by atoms with Gasteiger partial charge in [-0.05, 0) is 38.7 Å². The fourth-order valence-electron chi connectivity index (χ4n) is 2.77. The van der Waals surface area contributed by atoms with Crippen molar-refractivity contribution < 1.29 is 14.3 Å². The van der Waals surface area contributed by atoms with E-state index in [2.05, 4.69) is 15.1 Å². The summed E-state index contributed by atoms with van der Waals surface area (Å²) in [5.41, 5.74) is 1.16. The van der Waals surface area contributed by atoms with Crippen LogP contribution in [-0.4, -0.2) is 81.8 Å². The number of rotatable bonds is 8. The third kappa shape index (κ3) is 6.86. The lowest BCUT2D eigenvalue weighted by atomic mass is 10.2. The van der Waals surface area contributed by atoms with Gasteiger partial charge >= 0.3 is 0 Å². The Bertz CT molecular complexity index is 522. The first-order valence-electron chi connectivity index (χ1n) is 8.48. The van der Waals surface area contributed by atoms with E-state index in [4.69, 9.17) is 9.47 Å². The predicted molar refractivity (Wildman–Crippen MR) is 94.4 cm³/mol. The lowest BCUT2D eigenvalue weighted by Crippen LogP contribution is -2.49. The molecule has 0 bridgehead atoms. The first kappa shape index (κ1) is 18.7. The normalized spacial score (nSPS) is 18.6.